The molecule has 0 spiro atoms. The van der Waals surface area contributed by atoms with Gasteiger partial charge in [0.05, 0.1) is 19.8 Å². The summed E-state index contributed by atoms with van der Waals surface area (Å²) in [5.74, 6) is 1.37. The summed E-state index contributed by atoms with van der Waals surface area (Å²) >= 11 is 0. The summed E-state index contributed by atoms with van der Waals surface area (Å²) in [4.78, 5) is 19.0. The van der Waals surface area contributed by atoms with Crippen LogP contribution < -0.4 is 9.47 Å². The number of aliphatic hydroxyl groups is 1. The minimum Gasteiger partial charge on any atom is -0.496 e. The number of carbonyl (C=O) groups excluding carboxylic acids is 1. The molecular formula is C29H34N2O4. The maximum Gasteiger partial charge on any atom is 0.223 e. The molecule has 0 saturated carbocycles. The van der Waals surface area contributed by atoms with Crippen molar-refractivity contribution >= 4 is 5.91 Å². The third-order valence-electron chi connectivity index (χ3n) is 6.52. The zero-order valence-electron chi connectivity index (χ0n) is 21.0. The van der Waals surface area contributed by atoms with Crippen LogP contribution in [0.3, 0.4) is 0 Å². The summed E-state index contributed by atoms with van der Waals surface area (Å²) < 4.78 is 12.0. The fourth-order valence-corrected chi connectivity index (χ4v) is 4.58. The summed E-state index contributed by atoms with van der Waals surface area (Å²) in [6, 6.07) is 17.9. The minimum absolute atomic E-state index is 0.0450. The van der Waals surface area contributed by atoms with E-state index in [0.717, 1.165) is 33.6 Å². The predicted octanol–water partition coefficient (Wildman–Crippen LogP) is 5.12. The monoisotopic (exact) mass is 474 g/mol. The highest BCUT2D eigenvalue weighted by atomic mass is 16.5. The van der Waals surface area contributed by atoms with Crippen LogP contribution in [0, 0.1) is 0 Å². The van der Waals surface area contributed by atoms with Gasteiger partial charge in [0.2, 0.25) is 11.8 Å². The van der Waals surface area contributed by atoms with Crippen molar-refractivity contribution in [3.63, 3.8) is 0 Å². The van der Waals surface area contributed by atoms with E-state index in [1.54, 1.807) is 18.2 Å². The van der Waals surface area contributed by atoms with Crippen molar-refractivity contribution in [2.24, 2.45) is 0 Å². The number of hydrogen-bond donors (Lipinski definition) is 1. The Morgan fingerprint density at radius 3 is 2.54 bits per heavy atom. The van der Waals surface area contributed by atoms with Gasteiger partial charge in [0, 0.05) is 30.3 Å². The zero-order chi connectivity index (χ0) is 25.0. The summed E-state index contributed by atoms with van der Waals surface area (Å²) in [5.41, 5.74) is 4.69. The Morgan fingerprint density at radius 2 is 1.86 bits per heavy atom. The number of likely N-dealkylation sites (tertiary alicyclic amines) is 1. The largest absolute Gasteiger partial charge is 0.496 e. The van der Waals surface area contributed by atoms with Gasteiger partial charge in [-0.3, -0.25) is 4.79 Å². The molecule has 35 heavy (non-hydrogen) atoms. The number of nitrogens with zero attached hydrogens (tertiary/aromatic N) is 2. The van der Waals surface area contributed by atoms with E-state index < -0.39 is 0 Å². The lowest BCUT2D eigenvalue weighted by Crippen LogP contribution is -2.35. The number of hydrogen-bond acceptors (Lipinski definition) is 5. The molecule has 1 aromatic heterocycles. The molecule has 4 rings (SSSR count). The number of aliphatic hydroxyl groups excluding tert-OH is 1. The maximum absolute atomic E-state index is 12.6. The second-order valence-corrected chi connectivity index (χ2v) is 9.99. The quantitative estimate of drug-likeness (QED) is 0.491. The van der Waals surface area contributed by atoms with Crippen LogP contribution in [-0.4, -0.2) is 40.7 Å². The Kier molecular flexibility index (Phi) is 7.41. The Bertz CT molecular complexity index is 1170. The molecule has 1 N–H and O–H groups in total. The van der Waals surface area contributed by atoms with E-state index in [-0.39, 0.29) is 24.0 Å². The second kappa shape index (κ2) is 10.5. The maximum atomic E-state index is 12.6. The average molecular weight is 475 g/mol. The van der Waals surface area contributed by atoms with Gasteiger partial charge in [0.25, 0.3) is 0 Å². The lowest BCUT2D eigenvalue weighted by molar-refractivity contribution is -0.130. The number of benzene rings is 2. The van der Waals surface area contributed by atoms with Gasteiger partial charge >= 0.3 is 0 Å². The van der Waals surface area contributed by atoms with Crippen molar-refractivity contribution in [2.75, 3.05) is 13.7 Å². The van der Waals surface area contributed by atoms with Crippen LogP contribution in [0.4, 0.5) is 0 Å². The summed E-state index contributed by atoms with van der Waals surface area (Å²) in [6.45, 7) is 7.19. The van der Waals surface area contributed by atoms with Crippen LogP contribution in [0.15, 0.2) is 60.8 Å². The molecule has 6 heteroatoms. The van der Waals surface area contributed by atoms with Crippen molar-refractivity contribution in [1.29, 1.82) is 0 Å². The molecule has 0 bridgehead atoms. The lowest BCUT2D eigenvalue weighted by Gasteiger charge is -2.28. The highest BCUT2D eigenvalue weighted by molar-refractivity contribution is 5.80. The third kappa shape index (κ3) is 5.49. The average Bonchev–Trinajstić information content (AvgIpc) is 3.21. The molecule has 1 atom stereocenters. The molecule has 1 saturated heterocycles. The molecule has 1 fully saturated rings. The van der Waals surface area contributed by atoms with Crippen molar-refractivity contribution < 1.29 is 19.4 Å². The van der Waals surface area contributed by atoms with Gasteiger partial charge in [-0.05, 0) is 52.8 Å². The molecule has 6 nitrogen and oxygen atoms in total. The number of amides is 1. The fraction of sp³-hybridized carbons (Fsp3) is 0.379. The van der Waals surface area contributed by atoms with E-state index in [4.69, 9.17) is 9.47 Å². The second-order valence-electron chi connectivity index (χ2n) is 9.99. The standard InChI is InChI=1S/C29H34N2O4/c1-29(2,3)25-16-24(21(15-26(25)34-4)17-31-22(18-32)12-13-27(31)33)23-11-8-14-30-28(23)35-19-20-9-6-5-7-10-20/h5-11,14-16,22,32H,12-13,17-19H2,1-4H3/t22-/m0/s1. The summed E-state index contributed by atoms with van der Waals surface area (Å²) in [6.07, 6.45) is 2.85. The van der Waals surface area contributed by atoms with Crippen LogP contribution >= 0.6 is 0 Å². The zero-order valence-corrected chi connectivity index (χ0v) is 21.0. The van der Waals surface area contributed by atoms with E-state index >= 15 is 0 Å². The molecule has 1 aliphatic rings. The van der Waals surface area contributed by atoms with Crippen molar-refractivity contribution in [2.45, 2.75) is 58.2 Å². The first kappa shape index (κ1) is 24.7. The first-order chi connectivity index (χ1) is 16.8. The number of aromatic nitrogens is 1. The van der Waals surface area contributed by atoms with Gasteiger partial charge in [-0.15, -0.1) is 0 Å². The Hall–Kier alpha value is -3.38. The van der Waals surface area contributed by atoms with Gasteiger partial charge in [0.1, 0.15) is 12.4 Å². The van der Waals surface area contributed by atoms with E-state index in [1.807, 2.05) is 48.5 Å². The van der Waals surface area contributed by atoms with E-state index in [0.29, 0.717) is 31.9 Å². The third-order valence-corrected chi connectivity index (χ3v) is 6.52. The molecule has 0 unspecified atom stereocenters. The van der Waals surface area contributed by atoms with E-state index in [2.05, 4.69) is 31.8 Å². The molecule has 1 aliphatic heterocycles. The smallest absolute Gasteiger partial charge is 0.223 e. The molecule has 0 aliphatic carbocycles. The lowest BCUT2D eigenvalue weighted by atomic mass is 9.83. The molecule has 0 radical (unpaired) electrons. The minimum atomic E-state index is -0.175. The Balaban J connectivity index is 1.80. The topological polar surface area (TPSA) is 71.9 Å². The summed E-state index contributed by atoms with van der Waals surface area (Å²) in [5, 5.41) is 9.84. The number of rotatable bonds is 8. The van der Waals surface area contributed by atoms with Crippen LogP contribution in [0.5, 0.6) is 11.6 Å². The molecule has 1 amide bonds. The van der Waals surface area contributed by atoms with Gasteiger partial charge in [-0.25, -0.2) is 4.98 Å². The predicted molar refractivity (Wildman–Crippen MR) is 136 cm³/mol. The first-order valence-corrected chi connectivity index (χ1v) is 12.1. The number of pyridine rings is 1. The van der Waals surface area contributed by atoms with Gasteiger partial charge in [0.15, 0.2) is 0 Å². The number of carbonyl (C=O) groups is 1. The van der Waals surface area contributed by atoms with E-state index in [9.17, 15) is 9.90 Å². The van der Waals surface area contributed by atoms with Gasteiger partial charge < -0.3 is 19.5 Å². The van der Waals surface area contributed by atoms with Gasteiger partial charge in [-0.2, -0.15) is 0 Å². The molecule has 2 aromatic carbocycles. The van der Waals surface area contributed by atoms with Crippen LogP contribution in [0.1, 0.15) is 50.3 Å². The highest BCUT2D eigenvalue weighted by Crippen LogP contribution is 2.41. The Labute approximate surface area is 207 Å². The number of methoxy groups -OCH3 is 1. The molecule has 184 valence electrons. The molecule has 3 aromatic rings. The molecule has 2 heterocycles. The van der Waals surface area contributed by atoms with Crippen molar-refractivity contribution in [3.05, 3.63) is 77.5 Å². The normalized spacial score (nSPS) is 16.0. The van der Waals surface area contributed by atoms with Gasteiger partial charge in [-0.1, -0.05) is 51.1 Å². The van der Waals surface area contributed by atoms with E-state index in [1.165, 1.54) is 0 Å². The summed E-state index contributed by atoms with van der Waals surface area (Å²) in [7, 11) is 1.67. The molecular weight excluding hydrogens is 440 g/mol. The van der Waals surface area contributed by atoms with Crippen LogP contribution in [-0.2, 0) is 23.4 Å². The fourth-order valence-electron chi connectivity index (χ4n) is 4.58. The highest BCUT2D eigenvalue weighted by Gasteiger charge is 2.32. The number of ether oxygens (including phenoxy) is 2. The van der Waals surface area contributed by atoms with Crippen molar-refractivity contribution in [3.8, 4) is 22.8 Å². The van der Waals surface area contributed by atoms with Crippen LogP contribution in [0.2, 0.25) is 0 Å². The first-order valence-electron chi connectivity index (χ1n) is 12.1. The van der Waals surface area contributed by atoms with Crippen molar-refractivity contribution in [1.82, 2.24) is 9.88 Å². The van der Waals surface area contributed by atoms with Crippen LogP contribution in [0.25, 0.3) is 11.1 Å². The Morgan fingerprint density at radius 1 is 1.09 bits per heavy atom. The SMILES string of the molecule is COc1cc(CN2C(=O)CC[C@H]2CO)c(-c2cccnc2OCc2ccccc2)cc1C(C)(C)C.